The third kappa shape index (κ3) is 6.44. The highest BCUT2D eigenvalue weighted by Gasteiger charge is 2.37. The first-order valence-corrected chi connectivity index (χ1v) is 12.4. The summed E-state index contributed by atoms with van der Waals surface area (Å²) in [6.45, 7) is 1.55. The van der Waals surface area contributed by atoms with Crippen LogP contribution in [0.25, 0.3) is 0 Å². The summed E-state index contributed by atoms with van der Waals surface area (Å²) in [6.07, 6.45) is 6.27. The van der Waals surface area contributed by atoms with E-state index in [9.17, 15) is 14.7 Å². The lowest BCUT2D eigenvalue weighted by molar-refractivity contribution is -0.136. The molecule has 5 nitrogen and oxygen atoms in total. The molecule has 0 aromatic heterocycles. The number of fused-ring (bicyclic) bond motifs is 1. The summed E-state index contributed by atoms with van der Waals surface area (Å²) in [5.74, 6) is 0.748. The molecular formula is C28H36N2O3. The zero-order chi connectivity index (χ0) is 23.0. The Morgan fingerprint density at radius 2 is 1.42 bits per heavy atom. The summed E-state index contributed by atoms with van der Waals surface area (Å²) >= 11 is 0. The van der Waals surface area contributed by atoms with Gasteiger partial charge in [0.1, 0.15) is 0 Å². The van der Waals surface area contributed by atoms with Crippen LogP contribution in [0, 0.1) is 17.8 Å². The van der Waals surface area contributed by atoms with Crippen molar-refractivity contribution < 1.29 is 14.7 Å². The minimum Gasteiger partial charge on any atom is -0.394 e. The number of nitrogens with one attached hydrogen (secondary N) is 1. The molecule has 2 fully saturated rings. The average molecular weight is 449 g/mol. The van der Waals surface area contributed by atoms with Gasteiger partial charge in [-0.05, 0) is 48.6 Å². The van der Waals surface area contributed by atoms with Crippen LogP contribution in [0.4, 0.5) is 0 Å². The Labute approximate surface area is 197 Å². The number of rotatable bonds is 9. The molecule has 0 spiro atoms. The zero-order valence-electron chi connectivity index (χ0n) is 19.4. The molecule has 2 N–H and O–H groups in total. The Balaban J connectivity index is 1.42. The van der Waals surface area contributed by atoms with Gasteiger partial charge in [-0.3, -0.25) is 9.59 Å². The van der Waals surface area contributed by atoms with Crippen molar-refractivity contribution in [1.82, 2.24) is 10.2 Å². The summed E-state index contributed by atoms with van der Waals surface area (Å²) in [5.41, 5.74) is 2.11. The van der Waals surface area contributed by atoms with Gasteiger partial charge >= 0.3 is 0 Å². The molecule has 2 aromatic rings. The third-order valence-electron chi connectivity index (χ3n) is 7.34. The normalized spacial score (nSPS) is 21.8. The van der Waals surface area contributed by atoms with E-state index in [-0.39, 0.29) is 30.9 Å². The Morgan fingerprint density at radius 1 is 0.879 bits per heavy atom. The molecule has 1 saturated carbocycles. The van der Waals surface area contributed by atoms with Gasteiger partial charge in [0, 0.05) is 19.5 Å². The van der Waals surface area contributed by atoms with Gasteiger partial charge < -0.3 is 15.3 Å². The first kappa shape index (κ1) is 23.5. The van der Waals surface area contributed by atoms with Crippen LogP contribution in [0.1, 0.15) is 43.2 Å². The molecule has 4 unspecified atom stereocenters. The molecule has 2 aliphatic rings. The lowest BCUT2D eigenvalue weighted by Gasteiger charge is -2.24. The maximum absolute atomic E-state index is 13.3. The summed E-state index contributed by atoms with van der Waals surface area (Å²) in [6, 6.07) is 19.4. The number of aliphatic hydroxyl groups is 1. The summed E-state index contributed by atoms with van der Waals surface area (Å²) < 4.78 is 0. The van der Waals surface area contributed by atoms with Crippen LogP contribution in [0.5, 0.6) is 0 Å². The van der Waals surface area contributed by atoms with E-state index in [1.54, 1.807) is 0 Å². The molecule has 4 atom stereocenters. The molecular weight excluding hydrogens is 412 g/mol. The highest BCUT2D eigenvalue weighted by atomic mass is 16.3. The molecule has 1 aliphatic heterocycles. The topological polar surface area (TPSA) is 69.6 Å². The maximum Gasteiger partial charge on any atom is 0.224 e. The first-order chi connectivity index (χ1) is 16.1. The van der Waals surface area contributed by atoms with Crippen molar-refractivity contribution >= 4 is 11.8 Å². The second-order valence-corrected chi connectivity index (χ2v) is 9.77. The minimum absolute atomic E-state index is 0.0871. The molecule has 1 saturated heterocycles. The van der Waals surface area contributed by atoms with E-state index in [1.165, 1.54) is 25.7 Å². The Bertz CT molecular complexity index is 888. The molecule has 33 heavy (non-hydrogen) atoms. The standard InChI is InChI=1S/C28H36N2O3/c31-20-26(16-22-11-5-2-6-12-22)29-28(33)25(15-21-9-3-1-4-10-21)17-27(32)30-18-23-13-7-8-14-24(23)19-30/h1-6,9-12,23-26,31H,7-8,13-20H2,(H,29,33). The van der Waals surface area contributed by atoms with E-state index >= 15 is 0 Å². The van der Waals surface area contributed by atoms with Gasteiger partial charge in [0.2, 0.25) is 11.8 Å². The summed E-state index contributed by atoms with van der Waals surface area (Å²) in [5, 5.41) is 12.9. The van der Waals surface area contributed by atoms with Crippen LogP contribution in [-0.4, -0.2) is 47.6 Å². The monoisotopic (exact) mass is 448 g/mol. The highest BCUT2D eigenvalue weighted by molar-refractivity contribution is 5.86. The molecule has 5 heteroatoms. The van der Waals surface area contributed by atoms with Crippen molar-refractivity contribution in [2.45, 2.75) is 51.0 Å². The van der Waals surface area contributed by atoms with Crippen molar-refractivity contribution in [3.8, 4) is 0 Å². The lowest BCUT2D eigenvalue weighted by atomic mass is 9.82. The van der Waals surface area contributed by atoms with E-state index < -0.39 is 5.92 Å². The Kier molecular flexibility index (Phi) is 8.16. The number of aliphatic hydroxyl groups excluding tert-OH is 1. The number of hydrogen-bond donors (Lipinski definition) is 2. The quantitative estimate of drug-likeness (QED) is 0.616. The van der Waals surface area contributed by atoms with Crippen LogP contribution in [-0.2, 0) is 22.4 Å². The summed E-state index contributed by atoms with van der Waals surface area (Å²) in [4.78, 5) is 28.6. The number of benzene rings is 2. The van der Waals surface area contributed by atoms with Gasteiger partial charge in [-0.15, -0.1) is 0 Å². The summed E-state index contributed by atoms with van der Waals surface area (Å²) in [7, 11) is 0. The molecule has 4 rings (SSSR count). The molecule has 176 valence electrons. The van der Waals surface area contributed by atoms with Gasteiger partial charge in [-0.25, -0.2) is 0 Å². The Morgan fingerprint density at radius 3 is 1.97 bits per heavy atom. The fourth-order valence-electron chi connectivity index (χ4n) is 5.48. The Hall–Kier alpha value is -2.66. The molecule has 2 aromatic carbocycles. The van der Waals surface area contributed by atoms with Crippen LogP contribution in [0.3, 0.4) is 0 Å². The van der Waals surface area contributed by atoms with Gasteiger partial charge in [-0.1, -0.05) is 73.5 Å². The predicted octanol–water partition coefficient (Wildman–Crippen LogP) is 3.60. The number of hydrogen-bond acceptors (Lipinski definition) is 3. The molecule has 1 aliphatic carbocycles. The fourth-order valence-corrected chi connectivity index (χ4v) is 5.48. The number of carbonyl (C=O) groups is 2. The number of nitrogens with zero attached hydrogens (tertiary/aromatic N) is 1. The van der Waals surface area contributed by atoms with E-state index in [2.05, 4.69) is 5.32 Å². The van der Waals surface area contributed by atoms with Crippen LogP contribution >= 0.6 is 0 Å². The van der Waals surface area contributed by atoms with E-state index in [1.807, 2.05) is 65.6 Å². The van der Waals surface area contributed by atoms with Crippen molar-refractivity contribution in [2.24, 2.45) is 17.8 Å². The van der Waals surface area contributed by atoms with Crippen molar-refractivity contribution in [3.05, 3.63) is 71.8 Å². The number of amides is 2. The number of likely N-dealkylation sites (tertiary alicyclic amines) is 1. The lowest BCUT2D eigenvalue weighted by Crippen LogP contribution is -2.44. The van der Waals surface area contributed by atoms with Crippen LogP contribution in [0.2, 0.25) is 0 Å². The maximum atomic E-state index is 13.3. The fraction of sp³-hybridized carbons (Fsp3) is 0.500. The smallest absolute Gasteiger partial charge is 0.224 e. The van der Waals surface area contributed by atoms with Crippen LogP contribution < -0.4 is 5.32 Å². The second kappa shape index (κ2) is 11.5. The van der Waals surface area contributed by atoms with E-state index in [4.69, 9.17) is 0 Å². The van der Waals surface area contributed by atoms with Gasteiger partial charge in [0.15, 0.2) is 0 Å². The molecule has 0 bridgehead atoms. The average Bonchev–Trinajstić information content (AvgIpc) is 3.29. The van der Waals surface area contributed by atoms with E-state index in [0.717, 1.165) is 24.2 Å². The van der Waals surface area contributed by atoms with Crippen LogP contribution in [0.15, 0.2) is 60.7 Å². The predicted molar refractivity (Wildman–Crippen MR) is 129 cm³/mol. The minimum atomic E-state index is -0.452. The molecule has 0 radical (unpaired) electrons. The third-order valence-corrected chi connectivity index (χ3v) is 7.34. The van der Waals surface area contributed by atoms with Gasteiger partial charge in [0.25, 0.3) is 0 Å². The zero-order valence-corrected chi connectivity index (χ0v) is 19.4. The second-order valence-electron chi connectivity index (χ2n) is 9.77. The van der Waals surface area contributed by atoms with Crippen molar-refractivity contribution in [2.75, 3.05) is 19.7 Å². The molecule has 1 heterocycles. The van der Waals surface area contributed by atoms with E-state index in [0.29, 0.717) is 24.7 Å². The van der Waals surface area contributed by atoms with Crippen molar-refractivity contribution in [1.29, 1.82) is 0 Å². The van der Waals surface area contributed by atoms with Gasteiger partial charge in [-0.2, -0.15) is 0 Å². The first-order valence-electron chi connectivity index (χ1n) is 12.4. The number of carbonyl (C=O) groups excluding carboxylic acids is 2. The largest absolute Gasteiger partial charge is 0.394 e. The van der Waals surface area contributed by atoms with Crippen molar-refractivity contribution in [3.63, 3.8) is 0 Å². The highest BCUT2D eigenvalue weighted by Crippen LogP contribution is 2.36. The SMILES string of the molecule is O=C(NC(CO)Cc1ccccc1)C(CC(=O)N1CC2CCCCC2C1)Cc1ccccc1. The van der Waals surface area contributed by atoms with Gasteiger partial charge in [0.05, 0.1) is 18.6 Å². The molecule has 2 amide bonds.